The van der Waals surface area contributed by atoms with Crippen LogP contribution < -0.4 is 5.56 Å². The molecule has 0 aliphatic carbocycles. The quantitative estimate of drug-likeness (QED) is 0.455. The molecule has 5 rings (SSSR count). The molecule has 10 heteroatoms. The van der Waals surface area contributed by atoms with Crippen molar-refractivity contribution in [1.29, 1.82) is 5.26 Å². The van der Waals surface area contributed by atoms with Crippen molar-refractivity contribution in [2.75, 3.05) is 0 Å². The van der Waals surface area contributed by atoms with Gasteiger partial charge in [-0.25, -0.2) is 9.37 Å². The van der Waals surface area contributed by atoms with Crippen molar-refractivity contribution < 1.29 is 13.7 Å². The van der Waals surface area contributed by atoms with Gasteiger partial charge in [-0.2, -0.15) is 10.2 Å². The van der Waals surface area contributed by atoms with Gasteiger partial charge in [0.15, 0.2) is 0 Å². The zero-order chi connectivity index (χ0) is 23.5. The van der Waals surface area contributed by atoms with Crippen LogP contribution in [0, 0.1) is 17.1 Å². The number of benzene rings is 1. The predicted molar refractivity (Wildman–Crippen MR) is 117 cm³/mol. The minimum atomic E-state index is -0.677. The Hall–Kier alpha value is -3.58. The smallest absolute Gasteiger partial charge is 0.278 e. The van der Waals surface area contributed by atoms with E-state index in [0.717, 1.165) is 12.8 Å². The number of aromatic nitrogens is 5. The Labute approximate surface area is 188 Å². The normalized spacial score (nSPS) is 18.7. The molecule has 0 amide bonds. The SMILES string of the molecule is CCC(C)n1c(=O)c2c(-c3noc(C4CCC(C)(C)O4)n3)ncn2c2ccc(F)c(C#N)c21. The van der Waals surface area contributed by atoms with Crippen LogP contribution in [0.15, 0.2) is 27.8 Å². The summed E-state index contributed by atoms with van der Waals surface area (Å²) in [5, 5.41) is 13.7. The van der Waals surface area contributed by atoms with Gasteiger partial charge in [0.25, 0.3) is 11.4 Å². The van der Waals surface area contributed by atoms with Crippen LogP contribution in [-0.4, -0.2) is 29.7 Å². The molecule has 9 nitrogen and oxygen atoms in total. The summed E-state index contributed by atoms with van der Waals surface area (Å²) in [4.78, 5) is 22.6. The molecule has 3 aromatic heterocycles. The van der Waals surface area contributed by atoms with E-state index in [9.17, 15) is 14.4 Å². The Morgan fingerprint density at radius 1 is 1.36 bits per heavy atom. The standard InChI is InChI=1S/C23H23FN6O3/c1-5-12(2)30-18-13(10-25)14(24)6-7-15(18)29-11-26-17(19(29)22(30)31)20-27-21(33-28-20)16-8-9-23(3,4)32-16/h6-7,11-12,16H,5,8-9H2,1-4H3. The highest BCUT2D eigenvalue weighted by molar-refractivity contribution is 5.87. The Morgan fingerprint density at radius 2 is 2.15 bits per heavy atom. The third-order valence-corrected chi connectivity index (χ3v) is 6.34. The molecule has 0 spiro atoms. The number of ether oxygens (including phenoxy) is 1. The first-order valence-electron chi connectivity index (χ1n) is 10.9. The largest absolute Gasteiger partial charge is 0.363 e. The second-order valence-electron chi connectivity index (χ2n) is 9.01. The summed E-state index contributed by atoms with van der Waals surface area (Å²) < 4.78 is 28.9. The number of halogens is 1. The molecule has 2 unspecified atom stereocenters. The topological polar surface area (TPSA) is 111 Å². The number of hydrogen-bond donors (Lipinski definition) is 0. The second-order valence-corrected chi connectivity index (χ2v) is 9.01. The molecule has 33 heavy (non-hydrogen) atoms. The maximum atomic E-state index is 14.5. The summed E-state index contributed by atoms with van der Waals surface area (Å²) in [7, 11) is 0. The first-order chi connectivity index (χ1) is 15.8. The number of hydrogen-bond acceptors (Lipinski definition) is 7. The average Bonchev–Trinajstić information content (AvgIpc) is 3.51. The summed E-state index contributed by atoms with van der Waals surface area (Å²) in [6.07, 6.45) is 3.38. The van der Waals surface area contributed by atoms with Gasteiger partial charge in [0.2, 0.25) is 5.82 Å². The molecule has 1 aliphatic rings. The zero-order valence-corrected chi connectivity index (χ0v) is 18.8. The van der Waals surface area contributed by atoms with Crippen LogP contribution in [0.3, 0.4) is 0 Å². The van der Waals surface area contributed by atoms with Gasteiger partial charge in [0.05, 0.1) is 16.6 Å². The molecule has 0 radical (unpaired) electrons. The summed E-state index contributed by atoms with van der Waals surface area (Å²) in [5.74, 6) is -0.160. The highest BCUT2D eigenvalue weighted by atomic mass is 19.1. The van der Waals surface area contributed by atoms with Crippen LogP contribution in [0.1, 0.15) is 70.6 Å². The van der Waals surface area contributed by atoms with Gasteiger partial charge in [-0.05, 0) is 52.2 Å². The fraction of sp³-hybridized carbons (Fsp3) is 0.435. The van der Waals surface area contributed by atoms with Crippen molar-refractivity contribution in [3.05, 3.63) is 46.1 Å². The molecule has 1 saturated heterocycles. The lowest BCUT2D eigenvalue weighted by Gasteiger charge is -2.18. The van der Waals surface area contributed by atoms with Crippen LogP contribution in [0.4, 0.5) is 4.39 Å². The van der Waals surface area contributed by atoms with Crippen molar-refractivity contribution in [1.82, 2.24) is 24.1 Å². The van der Waals surface area contributed by atoms with E-state index < -0.39 is 11.4 Å². The van der Waals surface area contributed by atoms with E-state index in [1.807, 2.05) is 33.8 Å². The van der Waals surface area contributed by atoms with E-state index in [4.69, 9.17) is 9.26 Å². The number of fused-ring (bicyclic) bond motifs is 3. The van der Waals surface area contributed by atoms with Gasteiger partial charge in [0.1, 0.15) is 41.1 Å². The summed E-state index contributed by atoms with van der Waals surface area (Å²) >= 11 is 0. The summed E-state index contributed by atoms with van der Waals surface area (Å²) in [6, 6.07) is 4.39. The fourth-order valence-electron chi connectivity index (χ4n) is 4.44. The number of nitriles is 1. The second kappa shape index (κ2) is 7.49. The maximum absolute atomic E-state index is 14.5. The van der Waals surface area contributed by atoms with Crippen molar-refractivity contribution in [2.24, 2.45) is 0 Å². The fourth-order valence-corrected chi connectivity index (χ4v) is 4.44. The molecular weight excluding hydrogens is 427 g/mol. The Kier molecular flexibility index (Phi) is 4.83. The van der Waals surface area contributed by atoms with Gasteiger partial charge < -0.3 is 13.8 Å². The van der Waals surface area contributed by atoms with Gasteiger partial charge in [-0.3, -0.25) is 9.20 Å². The number of rotatable bonds is 4. The Balaban J connectivity index is 1.75. The summed E-state index contributed by atoms with van der Waals surface area (Å²) in [6.45, 7) is 7.79. The lowest BCUT2D eigenvalue weighted by Crippen LogP contribution is -2.26. The van der Waals surface area contributed by atoms with Gasteiger partial charge >= 0.3 is 0 Å². The van der Waals surface area contributed by atoms with E-state index in [1.165, 1.54) is 17.0 Å². The molecule has 2 atom stereocenters. The molecule has 1 aromatic carbocycles. The first kappa shape index (κ1) is 21.3. The molecule has 1 aliphatic heterocycles. The highest BCUT2D eigenvalue weighted by Gasteiger charge is 2.36. The van der Waals surface area contributed by atoms with Crippen molar-refractivity contribution in [3.8, 4) is 17.6 Å². The molecule has 4 aromatic rings. The van der Waals surface area contributed by atoms with Crippen LogP contribution in [0.25, 0.3) is 28.1 Å². The van der Waals surface area contributed by atoms with Crippen LogP contribution in [0.2, 0.25) is 0 Å². The highest BCUT2D eigenvalue weighted by Crippen LogP contribution is 2.38. The van der Waals surface area contributed by atoms with Crippen molar-refractivity contribution >= 4 is 16.6 Å². The van der Waals surface area contributed by atoms with Gasteiger partial charge in [-0.1, -0.05) is 12.1 Å². The Morgan fingerprint density at radius 3 is 2.82 bits per heavy atom. The lowest BCUT2D eigenvalue weighted by molar-refractivity contribution is -0.0292. The molecule has 4 heterocycles. The van der Waals surface area contributed by atoms with Crippen molar-refractivity contribution in [3.63, 3.8) is 0 Å². The van der Waals surface area contributed by atoms with Gasteiger partial charge in [0, 0.05) is 6.04 Å². The van der Waals surface area contributed by atoms with Crippen molar-refractivity contribution in [2.45, 2.75) is 64.7 Å². The zero-order valence-electron chi connectivity index (χ0n) is 18.8. The number of nitrogens with zero attached hydrogens (tertiary/aromatic N) is 6. The van der Waals surface area contributed by atoms with E-state index in [-0.39, 0.29) is 45.9 Å². The molecule has 0 bridgehead atoms. The van der Waals surface area contributed by atoms with Gasteiger partial charge in [-0.15, -0.1) is 0 Å². The molecule has 1 fully saturated rings. The summed E-state index contributed by atoms with van der Waals surface area (Å²) in [5.41, 5.74) is 0.375. The third-order valence-electron chi connectivity index (χ3n) is 6.34. The molecule has 0 saturated carbocycles. The third kappa shape index (κ3) is 3.23. The molecule has 170 valence electrons. The van der Waals surface area contributed by atoms with E-state index in [1.54, 1.807) is 10.5 Å². The van der Waals surface area contributed by atoms with Crippen LogP contribution in [-0.2, 0) is 4.74 Å². The Bertz CT molecular complexity index is 1490. The maximum Gasteiger partial charge on any atom is 0.278 e. The lowest BCUT2D eigenvalue weighted by atomic mass is 10.1. The van der Waals surface area contributed by atoms with Crippen LogP contribution in [0.5, 0.6) is 0 Å². The van der Waals surface area contributed by atoms with E-state index >= 15 is 0 Å². The molecule has 0 N–H and O–H groups in total. The minimum absolute atomic E-state index is 0.176. The molecular formula is C23H23FN6O3. The van der Waals surface area contributed by atoms with E-state index in [2.05, 4.69) is 15.1 Å². The minimum Gasteiger partial charge on any atom is -0.363 e. The number of imidazole rings is 1. The first-order valence-corrected chi connectivity index (χ1v) is 10.9. The van der Waals surface area contributed by atoms with Crippen LogP contribution >= 0.6 is 0 Å². The predicted octanol–water partition coefficient (Wildman–Crippen LogP) is 4.31. The monoisotopic (exact) mass is 450 g/mol. The van der Waals surface area contributed by atoms with E-state index in [0.29, 0.717) is 17.8 Å². The average molecular weight is 450 g/mol.